The number of benzene rings is 1. The van der Waals surface area contributed by atoms with Gasteiger partial charge in [-0.15, -0.1) is 0 Å². The Morgan fingerprint density at radius 3 is 2.33 bits per heavy atom. The zero-order chi connectivity index (χ0) is 13.7. The van der Waals surface area contributed by atoms with Crippen molar-refractivity contribution in [3.63, 3.8) is 0 Å². The summed E-state index contributed by atoms with van der Waals surface area (Å²) in [7, 11) is 0. The maximum atomic E-state index is 11.9. The smallest absolute Gasteiger partial charge is 0.260 e. The van der Waals surface area contributed by atoms with Crippen molar-refractivity contribution in [1.82, 2.24) is 4.90 Å². The molecule has 0 unspecified atom stereocenters. The van der Waals surface area contributed by atoms with Crippen LogP contribution in [0.2, 0.25) is 0 Å². The number of carbonyl (C=O) groups is 1. The van der Waals surface area contributed by atoms with E-state index in [9.17, 15) is 4.79 Å². The molecule has 0 N–H and O–H groups in total. The van der Waals surface area contributed by atoms with E-state index < -0.39 is 0 Å². The lowest BCUT2D eigenvalue weighted by Crippen LogP contribution is -2.34. The van der Waals surface area contributed by atoms with Crippen LogP contribution in [0, 0.1) is 20.8 Å². The number of carbonyl (C=O) groups excluding carboxylic acids is 1. The van der Waals surface area contributed by atoms with E-state index in [0.717, 1.165) is 30.0 Å². The van der Waals surface area contributed by atoms with Gasteiger partial charge in [0.2, 0.25) is 0 Å². The number of ether oxygens (including phenoxy) is 1. The number of hydrogen-bond acceptors (Lipinski definition) is 2. The predicted octanol–water partition coefficient (Wildman–Crippen LogP) is 2.86. The van der Waals surface area contributed by atoms with Gasteiger partial charge in [0.1, 0.15) is 5.75 Å². The number of hydrogen-bond donors (Lipinski definition) is 0. The zero-order valence-corrected chi connectivity index (χ0v) is 12.0. The Hall–Kier alpha value is -1.51. The molecule has 0 aliphatic rings. The molecule has 3 nitrogen and oxygen atoms in total. The molecule has 0 saturated heterocycles. The van der Waals surface area contributed by atoms with E-state index in [2.05, 4.69) is 13.0 Å². The fourth-order valence-corrected chi connectivity index (χ4v) is 1.96. The fraction of sp³-hybridized carbons (Fsp3) is 0.533. The van der Waals surface area contributed by atoms with Crippen LogP contribution in [0.1, 0.15) is 30.5 Å². The first-order valence-electron chi connectivity index (χ1n) is 6.48. The van der Waals surface area contributed by atoms with E-state index >= 15 is 0 Å². The summed E-state index contributed by atoms with van der Waals surface area (Å²) >= 11 is 0. The molecule has 0 radical (unpaired) electrons. The monoisotopic (exact) mass is 249 g/mol. The molecular formula is C15H23NO2. The number of likely N-dealkylation sites (N-methyl/N-ethyl adjacent to an activating group) is 1. The lowest BCUT2D eigenvalue weighted by Gasteiger charge is -2.19. The lowest BCUT2D eigenvalue weighted by molar-refractivity contribution is -0.132. The van der Waals surface area contributed by atoms with E-state index in [1.54, 1.807) is 4.90 Å². The summed E-state index contributed by atoms with van der Waals surface area (Å²) < 4.78 is 5.65. The maximum absolute atomic E-state index is 11.9. The van der Waals surface area contributed by atoms with Crippen LogP contribution in [0.4, 0.5) is 0 Å². The molecule has 0 saturated carbocycles. The molecule has 0 aliphatic heterocycles. The molecule has 0 heterocycles. The largest absolute Gasteiger partial charge is 0.483 e. The van der Waals surface area contributed by atoms with Crippen molar-refractivity contribution < 1.29 is 9.53 Å². The summed E-state index contributed by atoms with van der Waals surface area (Å²) in [5.74, 6) is 0.853. The van der Waals surface area contributed by atoms with Crippen molar-refractivity contribution in [2.45, 2.75) is 34.6 Å². The Morgan fingerprint density at radius 1 is 1.17 bits per heavy atom. The molecule has 100 valence electrons. The van der Waals surface area contributed by atoms with E-state index in [1.807, 2.05) is 33.8 Å². The average molecular weight is 249 g/mol. The van der Waals surface area contributed by atoms with E-state index in [-0.39, 0.29) is 12.5 Å². The summed E-state index contributed by atoms with van der Waals surface area (Å²) in [6.45, 7) is 11.6. The normalized spacial score (nSPS) is 10.3. The standard InChI is InChI=1S/C15H23NO2/c1-6-16(7-2)15(17)10-18-14-9-11(3)8-12(4)13(14)5/h8-9H,6-7,10H2,1-5H3. The van der Waals surface area contributed by atoms with Crippen LogP contribution >= 0.6 is 0 Å². The van der Waals surface area contributed by atoms with E-state index in [0.29, 0.717) is 0 Å². The van der Waals surface area contributed by atoms with Crippen molar-refractivity contribution in [1.29, 1.82) is 0 Å². The zero-order valence-electron chi connectivity index (χ0n) is 12.0. The van der Waals surface area contributed by atoms with Gasteiger partial charge in [0.25, 0.3) is 5.91 Å². The van der Waals surface area contributed by atoms with Crippen LogP contribution in [-0.2, 0) is 4.79 Å². The summed E-state index contributed by atoms with van der Waals surface area (Å²) in [5, 5.41) is 0. The molecule has 0 aliphatic carbocycles. The van der Waals surface area contributed by atoms with Gasteiger partial charge in [0.05, 0.1) is 0 Å². The Morgan fingerprint density at radius 2 is 1.78 bits per heavy atom. The third-order valence-corrected chi connectivity index (χ3v) is 3.23. The molecule has 1 amide bonds. The second kappa shape index (κ2) is 6.43. The van der Waals surface area contributed by atoms with Gasteiger partial charge in [-0.05, 0) is 57.4 Å². The molecule has 1 aromatic rings. The summed E-state index contributed by atoms with van der Waals surface area (Å²) in [4.78, 5) is 13.6. The summed E-state index contributed by atoms with van der Waals surface area (Å²) in [5.41, 5.74) is 3.46. The summed E-state index contributed by atoms with van der Waals surface area (Å²) in [6.07, 6.45) is 0. The van der Waals surface area contributed by atoms with Gasteiger partial charge in [-0.25, -0.2) is 0 Å². The van der Waals surface area contributed by atoms with Gasteiger partial charge in [-0.3, -0.25) is 4.79 Å². The molecular weight excluding hydrogens is 226 g/mol. The number of aryl methyl sites for hydroxylation is 2. The Kier molecular flexibility index (Phi) is 5.20. The minimum atomic E-state index is 0.0403. The first-order valence-corrected chi connectivity index (χ1v) is 6.48. The number of nitrogens with zero attached hydrogens (tertiary/aromatic N) is 1. The first kappa shape index (κ1) is 14.6. The third-order valence-electron chi connectivity index (χ3n) is 3.23. The maximum Gasteiger partial charge on any atom is 0.260 e. The van der Waals surface area contributed by atoms with Gasteiger partial charge in [0, 0.05) is 13.1 Å². The van der Waals surface area contributed by atoms with Crippen molar-refractivity contribution in [3.05, 3.63) is 28.8 Å². The SMILES string of the molecule is CCN(CC)C(=O)COc1cc(C)cc(C)c1C. The molecule has 0 spiro atoms. The predicted molar refractivity (Wildman–Crippen MR) is 74.1 cm³/mol. The van der Waals surface area contributed by atoms with Crippen LogP contribution in [0.25, 0.3) is 0 Å². The highest BCUT2D eigenvalue weighted by atomic mass is 16.5. The highest BCUT2D eigenvalue weighted by Crippen LogP contribution is 2.23. The molecule has 1 rings (SSSR count). The molecule has 1 aromatic carbocycles. The van der Waals surface area contributed by atoms with Gasteiger partial charge in [0.15, 0.2) is 6.61 Å². The van der Waals surface area contributed by atoms with Gasteiger partial charge in [-0.1, -0.05) is 6.07 Å². The first-order chi connectivity index (χ1) is 8.49. The molecule has 3 heteroatoms. The molecule has 0 atom stereocenters. The van der Waals surface area contributed by atoms with Crippen molar-refractivity contribution in [2.75, 3.05) is 19.7 Å². The number of amides is 1. The lowest BCUT2D eigenvalue weighted by atomic mass is 10.1. The Labute approximate surface area is 110 Å². The minimum absolute atomic E-state index is 0.0403. The van der Waals surface area contributed by atoms with Crippen molar-refractivity contribution >= 4 is 5.91 Å². The van der Waals surface area contributed by atoms with E-state index in [1.165, 1.54) is 5.56 Å². The van der Waals surface area contributed by atoms with Gasteiger partial charge in [-0.2, -0.15) is 0 Å². The molecule has 0 bridgehead atoms. The second-order valence-corrected chi connectivity index (χ2v) is 4.56. The minimum Gasteiger partial charge on any atom is -0.483 e. The highest BCUT2D eigenvalue weighted by Gasteiger charge is 2.11. The highest BCUT2D eigenvalue weighted by molar-refractivity contribution is 5.77. The average Bonchev–Trinajstić information content (AvgIpc) is 2.33. The second-order valence-electron chi connectivity index (χ2n) is 4.56. The molecule has 18 heavy (non-hydrogen) atoms. The van der Waals surface area contributed by atoms with Crippen LogP contribution in [-0.4, -0.2) is 30.5 Å². The van der Waals surface area contributed by atoms with Gasteiger partial charge >= 0.3 is 0 Å². The third kappa shape index (κ3) is 3.49. The Balaban J connectivity index is 2.72. The van der Waals surface area contributed by atoms with Crippen LogP contribution in [0.15, 0.2) is 12.1 Å². The van der Waals surface area contributed by atoms with Crippen LogP contribution in [0.3, 0.4) is 0 Å². The van der Waals surface area contributed by atoms with E-state index in [4.69, 9.17) is 4.74 Å². The molecule has 0 aromatic heterocycles. The quantitative estimate of drug-likeness (QED) is 0.803. The topological polar surface area (TPSA) is 29.5 Å². The van der Waals surface area contributed by atoms with Crippen LogP contribution in [0.5, 0.6) is 5.75 Å². The number of rotatable bonds is 5. The van der Waals surface area contributed by atoms with Crippen molar-refractivity contribution in [2.24, 2.45) is 0 Å². The van der Waals surface area contributed by atoms with Gasteiger partial charge < -0.3 is 9.64 Å². The Bertz CT molecular complexity index is 423. The molecule has 0 fully saturated rings. The fourth-order valence-electron chi connectivity index (χ4n) is 1.96. The summed E-state index contributed by atoms with van der Waals surface area (Å²) in [6, 6.07) is 4.10. The van der Waals surface area contributed by atoms with Crippen LogP contribution < -0.4 is 4.74 Å². The van der Waals surface area contributed by atoms with Crippen molar-refractivity contribution in [3.8, 4) is 5.75 Å².